The largest absolute Gasteiger partial charge is 0.462 e. The number of ether oxygens (including phenoxy) is 3. The second-order valence-corrected chi connectivity index (χ2v) is 23.1. The van der Waals surface area contributed by atoms with Crippen LogP contribution in [0.3, 0.4) is 0 Å². The van der Waals surface area contributed by atoms with Crippen molar-refractivity contribution in [2.45, 2.75) is 335 Å². The molecule has 0 radical (unpaired) electrons. The van der Waals surface area contributed by atoms with Crippen molar-refractivity contribution in [2.24, 2.45) is 0 Å². The molecule has 474 valence electrons. The zero-order valence-corrected chi connectivity index (χ0v) is 54.4. The van der Waals surface area contributed by atoms with Gasteiger partial charge in [-0.05, 0) is 128 Å². The molecule has 0 aliphatic heterocycles. The lowest BCUT2D eigenvalue weighted by molar-refractivity contribution is -0.167. The molecule has 0 heterocycles. The first-order chi connectivity index (χ1) is 41.0. The first kappa shape index (κ1) is 78.8. The third-order valence-electron chi connectivity index (χ3n) is 14.9. The molecule has 83 heavy (non-hydrogen) atoms. The summed E-state index contributed by atoms with van der Waals surface area (Å²) in [5.74, 6) is -0.899. The summed E-state index contributed by atoms with van der Waals surface area (Å²) in [7, 11) is 0. The maximum atomic E-state index is 12.9. The Hall–Kier alpha value is -4.19. The molecule has 0 aliphatic carbocycles. The predicted octanol–water partition coefficient (Wildman–Crippen LogP) is 24.3. The number of hydrogen-bond acceptors (Lipinski definition) is 6. The van der Waals surface area contributed by atoms with E-state index in [2.05, 4.69) is 142 Å². The van der Waals surface area contributed by atoms with Gasteiger partial charge in [0.25, 0.3) is 0 Å². The van der Waals surface area contributed by atoms with Crippen molar-refractivity contribution in [2.75, 3.05) is 13.2 Å². The molecule has 6 heteroatoms. The third-order valence-corrected chi connectivity index (χ3v) is 14.9. The summed E-state index contributed by atoms with van der Waals surface area (Å²) in [4.78, 5) is 38.4. The summed E-state index contributed by atoms with van der Waals surface area (Å²) in [6, 6.07) is 0. The van der Waals surface area contributed by atoms with Crippen molar-refractivity contribution in [1.82, 2.24) is 0 Å². The van der Waals surface area contributed by atoms with Crippen molar-refractivity contribution in [1.29, 1.82) is 0 Å². The standard InChI is InChI=1S/C77H130O6/c1-4-7-10-13-16-19-22-25-28-30-31-32-33-34-35-36-37-38-39-40-41-42-43-44-45-46-47-48-50-52-55-58-61-64-67-70-76(79)82-73-74(72-81-75(78)69-66-63-60-57-54-51-27-24-21-18-15-12-9-6-3)83-77(80)71-68-65-62-59-56-53-49-29-26-23-20-17-14-11-8-5-2/h7,10,15-16,18-19,24-25,27-29,31-32,34-35,37-38,40-41,49,74H,4-6,8-9,11-14,17,20-23,26,30,33,36,39,42-48,50-73H2,1-3H3/b10-7-,18-15-,19-16-,27-24-,28-25-,32-31-,35-34-,38-37-,41-40-,49-29-. The maximum absolute atomic E-state index is 12.9. The van der Waals surface area contributed by atoms with E-state index >= 15 is 0 Å². The summed E-state index contributed by atoms with van der Waals surface area (Å²) in [6.45, 7) is 6.49. The minimum absolute atomic E-state index is 0.0857. The van der Waals surface area contributed by atoms with Crippen LogP contribution < -0.4 is 0 Å². The van der Waals surface area contributed by atoms with E-state index in [1.807, 2.05) is 0 Å². The monoisotopic (exact) mass is 1150 g/mol. The molecule has 0 bridgehead atoms. The highest BCUT2D eigenvalue weighted by atomic mass is 16.6. The molecule has 0 saturated carbocycles. The number of hydrogen-bond donors (Lipinski definition) is 0. The molecular formula is C77H130O6. The summed E-state index contributed by atoms with van der Waals surface area (Å²) in [5.41, 5.74) is 0. The van der Waals surface area contributed by atoms with Gasteiger partial charge in [-0.1, -0.05) is 303 Å². The number of allylic oxidation sites excluding steroid dienone is 20. The maximum Gasteiger partial charge on any atom is 0.306 e. The molecule has 0 N–H and O–H groups in total. The minimum atomic E-state index is -0.791. The van der Waals surface area contributed by atoms with Crippen LogP contribution in [0.1, 0.15) is 329 Å². The lowest BCUT2D eigenvalue weighted by atomic mass is 10.0. The fourth-order valence-corrected chi connectivity index (χ4v) is 9.67. The quantitative estimate of drug-likeness (QED) is 0.0261. The van der Waals surface area contributed by atoms with E-state index in [-0.39, 0.29) is 31.1 Å². The van der Waals surface area contributed by atoms with Crippen LogP contribution in [0.5, 0.6) is 0 Å². The van der Waals surface area contributed by atoms with E-state index in [0.29, 0.717) is 19.3 Å². The Morgan fingerprint density at radius 3 is 0.783 bits per heavy atom. The number of esters is 3. The average Bonchev–Trinajstić information content (AvgIpc) is 3.49. The molecule has 0 aromatic heterocycles. The Bertz CT molecular complexity index is 1700. The molecule has 1 atom stereocenters. The van der Waals surface area contributed by atoms with Crippen LogP contribution in [0.15, 0.2) is 122 Å². The van der Waals surface area contributed by atoms with E-state index in [4.69, 9.17) is 14.2 Å². The van der Waals surface area contributed by atoms with Crippen LogP contribution in [0.25, 0.3) is 0 Å². The van der Waals surface area contributed by atoms with Crippen molar-refractivity contribution in [3.05, 3.63) is 122 Å². The predicted molar refractivity (Wildman–Crippen MR) is 362 cm³/mol. The fourth-order valence-electron chi connectivity index (χ4n) is 9.67. The molecule has 0 amide bonds. The van der Waals surface area contributed by atoms with Gasteiger partial charge < -0.3 is 14.2 Å². The van der Waals surface area contributed by atoms with Crippen molar-refractivity contribution < 1.29 is 28.6 Å². The topological polar surface area (TPSA) is 78.9 Å². The Labute approximate surface area is 513 Å². The second-order valence-electron chi connectivity index (χ2n) is 23.1. The van der Waals surface area contributed by atoms with Crippen LogP contribution >= 0.6 is 0 Å². The first-order valence-corrected chi connectivity index (χ1v) is 35.0. The summed E-state index contributed by atoms with van der Waals surface area (Å²) < 4.78 is 16.9. The summed E-state index contributed by atoms with van der Waals surface area (Å²) in [5, 5.41) is 0. The molecule has 1 unspecified atom stereocenters. The van der Waals surface area contributed by atoms with Crippen molar-refractivity contribution in [3.63, 3.8) is 0 Å². The highest BCUT2D eigenvalue weighted by Crippen LogP contribution is 2.16. The van der Waals surface area contributed by atoms with Gasteiger partial charge in [-0.3, -0.25) is 14.4 Å². The molecule has 0 aromatic carbocycles. The zero-order chi connectivity index (χ0) is 59.9. The average molecular weight is 1150 g/mol. The van der Waals surface area contributed by atoms with E-state index in [9.17, 15) is 14.4 Å². The first-order valence-electron chi connectivity index (χ1n) is 35.0. The summed E-state index contributed by atoms with van der Waals surface area (Å²) >= 11 is 0. The molecule has 6 nitrogen and oxygen atoms in total. The molecule has 0 saturated heterocycles. The van der Waals surface area contributed by atoms with Crippen LogP contribution in [-0.4, -0.2) is 37.2 Å². The van der Waals surface area contributed by atoms with E-state index in [1.165, 1.54) is 148 Å². The van der Waals surface area contributed by atoms with Gasteiger partial charge in [0.1, 0.15) is 13.2 Å². The normalized spacial score (nSPS) is 12.9. The van der Waals surface area contributed by atoms with Gasteiger partial charge in [-0.2, -0.15) is 0 Å². The van der Waals surface area contributed by atoms with E-state index in [1.54, 1.807) is 0 Å². The van der Waals surface area contributed by atoms with Gasteiger partial charge in [0.05, 0.1) is 0 Å². The fraction of sp³-hybridized carbons (Fsp3) is 0.701. The van der Waals surface area contributed by atoms with Crippen LogP contribution in [0, 0.1) is 0 Å². The molecule has 0 spiro atoms. The lowest BCUT2D eigenvalue weighted by Gasteiger charge is -2.18. The van der Waals surface area contributed by atoms with Gasteiger partial charge in [-0.15, -0.1) is 0 Å². The van der Waals surface area contributed by atoms with E-state index < -0.39 is 6.10 Å². The molecule has 0 rings (SSSR count). The van der Waals surface area contributed by atoms with E-state index in [0.717, 1.165) is 141 Å². The molecule has 0 fully saturated rings. The SMILES string of the molecule is CC/C=C\C/C=C\C/C=C\C/C=C\C/C=C\C/C=C\C/C=C\CCCCCCCCCCCCCCCC(=O)OCC(COC(=O)CCCCCCC/C=C\C/C=C\CCCC)OC(=O)CCCCCCC/C=C\CCCCCCCCC. The lowest BCUT2D eigenvalue weighted by Crippen LogP contribution is -2.30. The van der Waals surface area contributed by atoms with Crippen molar-refractivity contribution >= 4 is 17.9 Å². The highest BCUT2D eigenvalue weighted by Gasteiger charge is 2.19. The second kappa shape index (κ2) is 70.3. The molecular weight excluding hydrogens is 1020 g/mol. The van der Waals surface area contributed by atoms with Crippen LogP contribution in [0.4, 0.5) is 0 Å². The van der Waals surface area contributed by atoms with Crippen LogP contribution in [0.2, 0.25) is 0 Å². The Morgan fingerprint density at radius 1 is 0.253 bits per heavy atom. The van der Waals surface area contributed by atoms with Gasteiger partial charge in [0.15, 0.2) is 6.10 Å². The summed E-state index contributed by atoms with van der Waals surface area (Å²) in [6.07, 6.45) is 97.9. The number of carbonyl (C=O) groups excluding carboxylic acids is 3. The van der Waals surface area contributed by atoms with Gasteiger partial charge in [-0.25, -0.2) is 0 Å². The Morgan fingerprint density at radius 2 is 0.482 bits per heavy atom. The van der Waals surface area contributed by atoms with Gasteiger partial charge >= 0.3 is 17.9 Å². The molecule has 0 aliphatic rings. The Kier molecular flexibility index (Phi) is 66.7. The van der Waals surface area contributed by atoms with Crippen molar-refractivity contribution in [3.8, 4) is 0 Å². The zero-order valence-electron chi connectivity index (χ0n) is 54.4. The highest BCUT2D eigenvalue weighted by molar-refractivity contribution is 5.71. The number of unbranched alkanes of at least 4 members (excludes halogenated alkanes) is 32. The molecule has 0 aromatic rings. The number of rotatable bonds is 63. The van der Waals surface area contributed by atoms with Crippen LogP contribution in [-0.2, 0) is 28.6 Å². The van der Waals surface area contributed by atoms with Gasteiger partial charge in [0, 0.05) is 19.3 Å². The Balaban J connectivity index is 4.22. The minimum Gasteiger partial charge on any atom is -0.462 e. The smallest absolute Gasteiger partial charge is 0.306 e. The third kappa shape index (κ3) is 68.5. The number of carbonyl (C=O) groups is 3. The van der Waals surface area contributed by atoms with Gasteiger partial charge in [0.2, 0.25) is 0 Å².